The van der Waals surface area contributed by atoms with Crippen molar-refractivity contribution < 1.29 is 19.1 Å². The highest BCUT2D eigenvalue weighted by atomic mass is 32.2. The molecule has 1 saturated heterocycles. The smallest absolute Gasteiger partial charge is 0.320 e. The molecule has 9 heteroatoms. The van der Waals surface area contributed by atoms with Gasteiger partial charge < -0.3 is 14.8 Å². The maximum Gasteiger partial charge on any atom is 0.320 e. The quantitative estimate of drug-likeness (QED) is 0.515. The Bertz CT molecular complexity index is 871. The average Bonchev–Trinajstić information content (AvgIpc) is 2.73. The molecular weight excluding hydrogens is 416 g/mol. The van der Waals surface area contributed by atoms with Gasteiger partial charge in [0.05, 0.1) is 19.8 Å². The number of carbonyl (C=O) groups is 2. The molecule has 0 aliphatic carbocycles. The van der Waals surface area contributed by atoms with Gasteiger partial charge in [0.25, 0.3) is 0 Å². The molecule has 1 N–H and O–H groups in total. The van der Waals surface area contributed by atoms with Crippen LogP contribution >= 0.6 is 11.8 Å². The molecule has 2 heterocycles. The summed E-state index contributed by atoms with van der Waals surface area (Å²) in [7, 11) is 0. The van der Waals surface area contributed by atoms with Gasteiger partial charge in [-0.15, -0.1) is 10.2 Å². The van der Waals surface area contributed by atoms with Gasteiger partial charge in [-0.1, -0.05) is 42.1 Å². The highest BCUT2D eigenvalue weighted by Crippen LogP contribution is 2.21. The van der Waals surface area contributed by atoms with Crippen LogP contribution in [0.2, 0.25) is 0 Å². The maximum atomic E-state index is 12.8. The Kier molecular flexibility index (Phi) is 8.00. The minimum absolute atomic E-state index is 0.0272. The van der Waals surface area contributed by atoms with E-state index >= 15 is 0 Å². The van der Waals surface area contributed by atoms with Gasteiger partial charge in [0.15, 0.2) is 5.82 Å². The predicted octanol–water partition coefficient (Wildman–Crippen LogP) is 2.75. The Labute approximate surface area is 186 Å². The molecule has 1 aliphatic heterocycles. The molecule has 1 aromatic carbocycles. The first-order valence-corrected chi connectivity index (χ1v) is 11.1. The molecule has 0 saturated carbocycles. The minimum atomic E-state index is -0.602. The van der Waals surface area contributed by atoms with Gasteiger partial charge in [0.1, 0.15) is 16.7 Å². The summed E-state index contributed by atoms with van der Waals surface area (Å²) in [5.74, 6) is 0.492. The van der Waals surface area contributed by atoms with Crippen LogP contribution in [0.25, 0.3) is 0 Å². The van der Waals surface area contributed by atoms with Crippen LogP contribution in [0.5, 0.6) is 0 Å². The summed E-state index contributed by atoms with van der Waals surface area (Å²) >= 11 is 1.57. The predicted molar refractivity (Wildman–Crippen MR) is 119 cm³/mol. The Hall–Kier alpha value is -2.49. The van der Waals surface area contributed by atoms with Crippen molar-refractivity contribution in [1.82, 2.24) is 15.1 Å². The third-order valence-corrected chi connectivity index (χ3v) is 5.41. The summed E-state index contributed by atoms with van der Waals surface area (Å²) in [5, 5.41) is 11.8. The zero-order chi connectivity index (χ0) is 22.3. The number of esters is 1. The molecule has 1 aromatic heterocycles. The lowest BCUT2D eigenvalue weighted by molar-refractivity contribution is -0.158. The van der Waals surface area contributed by atoms with E-state index < -0.39 is 11.6 Å². The van der Waals surface area contributed by atoms with Gasteiger partial charge in [0.2, 0.25) is 5.91 Å². The fourth-order valence-corrected chi connectivity index (χ4v) is 3.78. The fourth-order valence-electron chi connectivity index (χ4n) is 3.01. The van der Waals surface area contributed by atoms with Crippen molar-refractivity contribution in [3.63, 3.8) is 0 Å². The highest BCUT2D eigenvalue weighted by Gasteiger charge is 2.32. The van der Waals surface area contributed by atoms with Crippen LogP contribution in [-0.4, -0.2) is 64.9 Å². The lowest BCUT2D eigenvalue weighted by atomic mass is 10.2. The standard InChI is InChI=1S/C22H28N4O4S/c1-22(2,3)30-20(27)13-26-11-12-29-14-17(26)21(28)23-18-9-10-19(25-24-18)31-15-16-7-5-4-6-8-16/h4-10,17H,11-15H2,1-3H3,(H,23,24,28)/t17-/m1/s1. The van der Waals surface area contributed by atoms with E-state index in [1.807, 2.05) is 45.0 Å². The summed E-state index contributed by atoms with van der Waals surface area (Å²) in [4.78, 5) is 26.7. The number of hydrogen-bond acceptors (Lipinski definition) is 8. The van der Waals surface area contributed by atoms with Crippen molar-refractivity contribution in [2.45, 2.75) is 43.2 Å². The number of nitrogens with zero attached hydrogens (tertiary/aromatic N) is 3. The number of ether oxygens (including phenoxy) is 2. The van der Waals surface area contributed by atoms with Gasteiger partial charge >= 0.3 is 5.97 Å². The van der Waals surface area contributed by atoms with Gasteiger partial charge in [-0.25, -0.2) is 0 Å². The number of nitrogens with one attached hydrogen (secondary N) is 1. The lowest BCUT2D eigenvalue weighted by Crippen LogP contribution is -2.54. The van der Waals surface area contributed by atoms with Crippen LogP contribution in [0.3, 0.4) is 0 Å². The Balaban J connectivity index is 1.54. The largest absolute Gasteiger partial charge is 0.459 e. The van der Waals surface area contributed by atoms with E-state index in [1.165, 1.54) is 5.56 Å². The zero-order valence-corrected chi connectivity index (χ0v) is 18.9. The number of hydrogen-bond donors (Lipinski definition) is 1. The number of thioether (sulfide) groups is 1. The molecule has 166 valence electrons. The van der Waals surface area contributed by atoms with Crippen molar-refractivity contribution >= 4 is 29.5 Å². The lowest BCUT2D eigenvalue weighted by Gasteiger charge is -2.34. The van der Waals surface area contributed by atoms with Crippen LogP contribution in [0.15, 0.2) is 47.5 Å². The van der Waals surface area contributed by atoms with Crippen LogP contribution < -0.4 is 5.32 Å². The summed E-state index contributed by atoms with van der Waals surface area (Å²) in [6.07, 6.45) is 0. The Morgan fingerprint density at radius 3 is 2.65 bits per heavy atom. The molecule has 1 aliphatic rings. The summed E-state index contributed by atoms with van der Waals surface area (Å²) < 4.78 is 10.8. The van der Waals surface area contributed by atoms with Crippen LogP contribution in [-0.2, 0) is 24.8 Å². The number of morpholine rings is 1. The number of aromatic nitrogens is 2. The topological polar surface area (TPSA) is 93.6 Å². The van der Waals surface area contributed by atoms with Crippen molar-refractivity contribution in [2.24, 2.45) is 0 Å². The van der Waals surface area contributed by atoms with Gasteiger partial charge in [0, 0.05) is 12.3 Å². The second-order valence-electron chi connectivity index (χ2n) is 8.17. The molecule has 1 fully saturated rings. The summed E-state index contributed by atoms with van der Waals surface area (Å²) in [5.41, 5.74) is 0.630. The monoisotopic (exact) mass is 444 g/mol. The number of carbonyl (C=O) groups excluding carboxylic acids is 2. The molecule has 0 bridgehead atoms. The Morgan fingerprint density at radius 2 is 1.97 bits per heavy atom. The third-order valence-electron chi connectivity index (χ3n) is 4.42. The number of benzene rings is 1. The average molecular weight is 445 g/mol. The molecule has 0 spiro atoms. The summed E-state index contributed by atoms with van der Waals surface area (Å²) in [6, 6.07) is 13.1. The first-order chi connectivity index (χ1) is 14.8. The molecular formula is C22H28N4O4S. The number of rotatable bonds is 7. The van der Waals surface area contributed by atoms with Crippen molar-refractivity contribution in [1.29, 1.82) is 0 Å². The van der Waals surface area contributed by atoms with Crippen molar-refractivity contribution in [3.05, 3.63) is 48.0 Å². The van der Waals surface area contributed by atoms with Crippen LogP contribution in [0, 0.1) is 0 Å². The maximum absolute atomic E-state index is 12.8. The van der Waals surface area contributed by atoms with E-state index in [-0.39, 0.29) is 25.0 Å². The van der Waals surface area contributed by atoms with E-state index in [9.17, 15) is 9.59 Å². The molecule has 31 heavy (non-hydrogen) atoms. The number of amides is 1. The van der Waals surface area contributed by atoms with Gasteiger partial charge in [-0.3, -0.25) is 14.5 Å². The molecule has 0 radical (unpaired) electrons. The SMILES string of the molecule is CC(C)(C)OC(=O)CN1CCOC[C@@H]1C(=O)Nc1ccc(SCc2ccccc2)nn1. The summed E-state index contributed by atoms with van der Waals surface area (Å²) in [6.45, 7) is 6.60. The van der Waals surface area contributed by atoms with Gasteiger partial charge in [-0.2, -0.15) is 0 Å². The normalized spacial score (nSPS) is 17.2. The molecule has 8 nitrogen and oxygen atoms in total. The molecule has 3 rings (SSSR count). The van der Waals surface area contributed by atoms with Crippen molar-refractivity contribution in [2.75, 3.05) is 31.6 Å². The van der Waals surface area contributed by atoms with Gasteiger partial charge in [-0.05, 0) is 38.5 Å². The van der Waals surface area contributed by atoms with E-state index in [1.54, 1.807) is 22.7 Å². The van der Waals surface area contributed by atoms with E-state index in [0.717, 1.165) is 10.8 Å². The molecule has 0 unspecified atom stereocenters. The molecule has 2 aromatic rings. The van der Waals surface area contributed by atoms with E-state index in [0.29, 0.717) is 19.0 Å². The number of anilines is 1. The zero-order valence-electron chi connectivity index (χ0n) is 18.0. The van der Waals surface area contributed by atoms with E-state index in [2.05, 4.69) is 27.6 Å². The minimum Gasteiger partial charge on any atom is -0.459 e. The first kappa shape index (κ1) is 23.2. The third kappa shape index (κ3) is 7.61. The van der Waals surface area contributed by atoms with Crippen molar-refractivity contribution in [3.8, 4) is 0 Å². The molecule has 1 atom stereocenters. The molecule has 1 amide bonds. The Morgan fingerprint density at radius 1 is 1.19 bits per heavy atom. The second-order valence-corrected chi connectivity index (χ2v) is 9.16. The first-order valence-electron chi connectivity index (χ1n) is 10.1. The van der Waals surface area contributed by atoms with Crippen LogP contribution in [0.1, 0.15) is 26.3 Å². The van der Waals surface area contributed by atoms with Crippen LogP contribution in [0.4, 0.5) is 5.82 Å². The highest BCUT2D eigenvalue weighted by molar-refractivity contribution is 7.98. The fraction of sp³-hybridized carbons (Fsp3) is 0.455. The van der Waals surface area contributed by atoms with E-state index in [4.69, 9.17) is 9.47 Å². The second kappa shape index (κ2) is 10.7.